The van der Waals surface area contributed by atoms with Crippen LogP contribution in [0.1, 0.15) is 36.0 Å². The summed E-state index contributed by atoms with van der Waals surface area (Å²) in [5, 5.41) is 6.06. The molecule has 0 aromatic heterocycles. The third-order valence-corrected chi connectivity index (χ3v) is 4.40. The van der Waals surface area contributed by atoms with Crippen LogP contribution in [0.25, 0.3) is 0 Å². The van der Waals surface area contributed by atoms with E-state index in [0.717, 1.165) is 38.8 Å². The quantitative estimate of drug-likeness (QED) is 0.866. The molecule has 1 aromatic carbocycles. The van der Waals surface area contributed by atoms with Crippen LogP contribution in [0.3, 0.4) is 0 Å². The van der Waals surface area contributed by atoms with E-state index in [1.807, 2.05) is 30.1 Å². The minimum atomic E-state index is 0. The summed E-state index contributed by atoms with van der Waals surface area (Å²) >= 11 is 0. The molecule has 126 valence electrons. The second-order valence-corrected chi connectivity index (χ2v) is 6.20. The standard InChI is InChI=1S/C17H23N3O2.ClH/c1-18-11-15-6-3-9-20(15)17(22)13-4-2-5-14(10-13)19-16(21)12-7-8-12;/h2,4-5,10,12,15,18H,3,6-9,11H2,1H3,(H,19,21);1H. The van der Waals surface area contributed by atoms with Crippen molar-refractivity contribution in [2.45, 2.75) is 31.7 Å². The topological polar surface area (TPSA) is 61.4 Å². The molecule has 1 aliphatic heterocycles. The molecule has 0 radical (unpaired) electrons. The van der Waals surface area contributed by atoms with E-state index in [1.165, 1.54) is 0 Å². The summed E-state index contributed by atoms with van der Waals surface area (Å²) in [7, 11) is 1.91. The van der Waals surface area contributed by atoms with Crippen LogP contribution in [0.2, 0.25) is 0 Å². The molecule has 1 aliphatic carbocycles. The fourth-order valence-corrected chi connectivity index (χ4v) is 3.04. The Bertz CT molecular complexity index is 575. The summed E-state index contributed by atoms with van der Waals surface area (Å²) in [6.07, 6.45) is 4.05. The van der Waals surface area contributed by atoms with Gasteiger partial charge in [-0.05, 0) is 50.9 Å². The monoisotopic (exact) mass is 337 g/mol. The molecule has 0 spiro atoms. The average Bonchev–Trinajstić information content (AvgIpc) is 3.28. The number of carbonyl (C=O) groups is 2. The van der Waals surface area contributed by atoms with Gasteiger partial charge >= 0.3 is 0 Å². The Morgan fingerprint density at radius 1 is 1.26 bits per heavy atom. The summed E-state index contributed by atoms with van der Waals surface area (Å²) in [4.78, 5) is 26.5. The second-order valence-electron chi connectivity index (χ2n) is 6.20. The Morgan fingerprint density at radius 2 is 2.04 bits per heavy atom. The average molecular weight is 338 g/mol. The highest BCUT2D eigenvalue weighted by atomic mass is 35.5. The zero-order valence-electron chi connectivity index (χ0n) is 13.4. The SMILES string of the molecule is CNCC1CCCN1C(=O)c1cccc(NC(=O)C2CC2)c1.Cl. The smallest absolute Gasteiger partial charge is 0.254 e. The van der Waals surface area contributed by atoms with Gasteiger partial charge in [-0.1, -0.05) is 6.07 Å². The molecule has 1 aromatic rings. The normalized spacial score (nSPS) is 20.0. The molecule has 2 fully saturated rings. The summed E-state index contributed by atoms with van der Waals surface area (Å²) in [5.41, 5.74) is 1.36. The van der Waals surface area contributed by atoms with E-state index in [1.54, 1.807) is 6.07 Å². The first-order chi connectivity index (χ1) is 10.7. The van der Waals surface area contributed by atoms with E-state index in [-0.39, 0.29) is 36.2 Å². The maximum absolute atomic E-state index is 12.7. The first-order valence-electron chi connectivity index (χ1n) is 8.05. The molecule has 1 saturated carbocycles. The van der Waals surface area contributed by atoms with Crippen molar-refractivity contribution in [2.75, 3.05) is 25.5 Å². The third-order valence-electron chi connectivity index (χ3n) is 4.40. The lowest BCUT2D eigenvalue weighted by atomic mass is 10.1. The number of hydrogen-bond acceptors (Lipinski definition) is 3. The van der Waals surface area contributed by atoms with E-state index >= 15 is 0 Å². The van der Waals surface area contributed by atoms with E-state index in [0.29, 0.717) is 11.3 Å². The lowest BCUT2D eigenvalue weighted by Gasteiger charge is -2.24. The van der Waals surface area contributed by atoms with Gasteiger partial charge in [0.05, 0.1) is 0 Å². The van der Waals surface area contributed by atoms with Gasteiger partial charge in [-0.25, -0.2) is 0 Å². The Labute approximate surface area is 143 Å². The Balaban J connectivity index is 0.00000192. The van der Waals surface area contributed by atoms with Crippen molar-refractivity contribution in [3.63, 3.8) is 0 Å². The van der Waals surface area contributed by atoms with Gasteiger partial charge in [0.2, 0.25) is 5.91 Å². The number of hydrogen-bond donors (Lipinski definition) is 2. The molecule has 1 unspecified atom stereocenters. The van der Waals surface area contributed by atoms with Gasteiger partial charge in [-0.3, -0.25) is 9.59 Å². The summed E-state index contributed by atoms with van der Waals surface area (Å²) in [5.74, 6) is 0.289. The van der Waals surface area contributed by atoms with Crippen LogP contribution in [0.4, 0.5) is 5.69 Å². The number of nitrogens with one attached hydrogen (secondary N) is 2. The van der Waals surface area contributed by atoms with Gasteiger partial charge < -0.3 is 15.5 Å². The Kier molecular flexibility index (Phi) is 6.02. The Hall–Kier alpha value is -1.59. The molecular weight excluding hydrogens is 314 g/mol. The summed E-state index contributed by atoms with van der Waals surface area (Å²) < 4.78 is 0. The summed E-state index contributed by atoms with van der Waals surface area (Å²) in [6, 6.07) is 7.55. The molecule has 2 amide bonds. The molecule has 1 atom stereocenters. The second kappa shape index (κ2) is 7.79. The molecule has 23 heavy (non-hydrogen) atoms. The molecule has 2 aliphatic rings. The largest absolute Gasteiger partial charge is 0.334 e. The first kappa shape index (κ1) is 17.8. The number of rotatable bonds is 5. The van der Waals surface area contributed by atoms with Crippen LogP contribution in [0.15, 0.2) is 24.3 Å². The molecular formula is C17H24ClN3O2. The van der Waals surface area contributed by atoms with Gasteiger partial charge in [-0.2, -0.15) is 0 Å². The van der Waals surface area contributed by atoms with Gasteiger partial charge in [-0.15, -0.1) is 12.4 Å². The van der Waals surface area contributed by atoms with Crippen molar-refractivity contribution in [3.05, 3.63) is 29.8 Å². The number of likely N-dealkylation sites (N-methyl/N-ethyl adjacent to an activating group) is 1. The highest BCUT2D eigenvalue weighted by Gasteiger charge is 2.30. The predicted octanol–water partition coefficient (Wildman–Crippen LogP) is 2.28. The van der Waals surface area contributed by atoms with Gasteiger partial charge in [0.25, 0.3) is 5.91 Å². The zero-order valence-corrected chi connectivity index (χ0v) is 14.2. The molecule has 1 heterocycles. The number of benzene rings is 1. The van der Waals surface area contributed by atoms with Crippen LogP contribution in [-0.2, 0) is 4.79 Å². The predicted molar refractivity (Wildman–Crippen MR) is 93.0 cm³/mol. The number of halogens is 1. The van der Waals surface area contributed by atoms with Crippen LogP contribution in [0.5, 0.6) is 0 Å². The number of anilines is 1. The summed E-state index contributed by atoms with van der Waals surface area (Å²) in [6.45, 7) is 1.63. The minimum Gasteiger partial charge on any atom is -0.334 e. The maximum atomic E-state index is 12.7. The highest BCUT2D eigenvalue weighted by Crippen LogP contribution is 2.30. The lowest BCUT2D eigenvalue weighted by Crippen LogP contribution is -2.40. The molecule has 3 rings (SSSR count). The number of nitrogens with zero attached hydrogens (tertiary/aromatic N) is 1. The van der Waals surface area contributed by atoms with Gasteiger partial charge in [0.15, 0.2) is 0 Å². The van der Waals surface area contributed by atoms with Gasteiger partial charge in [0.1, 0.15) is 0 Å². The highest BCUT2D eigenvalue weighted by molar-refractivity contribution is 5.98. The number of likely N-dealkylation sites (tertiary alicyclic amines) is 1. The van der Waals surface area contributed by atoms with Crippen molar-refractivity contribution in [1.29, 1.82) is 0 Å². The van der Waals surface area contributed by atoms with Crippen LogP contribution >= 0.6 is 12.4 Å². The van der Waals surface area contributed by atoms with Crippen LogP contribution in [0, 0.1) is 5.92 Å². The van der Waals surface area contributed by atoms with E-state index in [9.17, 15) is 9.59 Å². The van der Waals surface area contributed by atoms with E-state index < -0.39 is 0 Å². The number of amides is 2. The number of carbonyl (C=O) groups excluding carboxylic acids is 2. The zero-order chi connectivity index (χ0) is 15.5. The Morgan fingerprint density at radius 3 is 2.74 bits per heavy atom. The lowest BCUT2D eigenvalue weighted by molar-refractivity contribution is -0.117. The fourth-order valence-electron chi connectivity index (χ4n) is 3.04. The van der Waals surface area contributed by atoms with Gasteiger partial charge in [0, 0.05) is 36.3 Å². The van der Waals surface area contributed by atoms with Crippen molar-refractivity contribution < 1.29 is 9.59 Å². The maximum Gasteiger partial charge on any atom is 0.254 e. The molecule has 5 nitrogen and oxygen atoms in total. The van der Waals surface area contributed by atoms with Crippen molar-refractivity contribution >= 4 is 29.9 Å². The van der Waals surface area contributed by atoms with Crippen LogP contribution in [-0.4, -0.2) is 42.9 Å². The van der Waals surface area contributed by atoms with E-state index in [4.69, 9.17) is 0 Å². The molecule has 6 heteroatoms. The van der Waals surface area contributed by atoms with E-state index in [2.05, 4.69) is 10.6 Å². The first-order valence-corrected chi connectivity index (χ1v) is 8.05. The third kappa shape index (κ3) is 4.24. The van der Waals surface area contributed by atoms with Crippen LogP contribution < -0.4 is 10.6 Å². The molecule has 2 N–H and O–H groups in total. The van der Waals surface area contributed by atoms with Crippen molar-refractivity contribution in [1.82, 2.24) is 10.2 Å². The van der Waals surface area contributed by atoms with Crippen molar-refractivity contribution in [3.8, 4) is 0 Å². The molecule has 0 bridgehead atoms. The molecule has 1 saturated heterocycles. The minimum absolute atomic E-state index is 0. The fraction of sp³-hybridized carbons (Fsp3) is 0.529. The van der Waals surface area contributed by atoms with Crippen molar-refractivity contribution in [2.24, 2.45) is 5.92 Å².